The van der Waals surface area contributed by atoms with Gasteiger partial charge in [-0.25, -0.2) is 5.43 Å². The molecule has 3 aromatic carbocycles. The van der Waals surface area contributed by atoms with Crippen LogP contribution in [0.3, 0.4) is 0 Å². The summed E-state index contributed by atoms with van der Waals surface area (Å²) < 4.78 is 12.4. The number of thioether (sulfide) groups is 1. The van der Waals surface area contributed by atoms with Crippen LogP contribution in [-0.2, 0) is 4.79 Å². The van der Waals surface area contributed by atoms with Gasteiger partial charge in [-0.3, -0.25) is 9.36 Å². The minimum atomic E-state index is -0.264. The first-order valence-corrected chi connectivity index (χ1v) is 11.4. The lowest BCUT2D eigenvalue weighted by atomic mass is 10.2. The molecule has 0 fully saturated rings. The minimum Gasteiger partial charge on any atom is -0.497 e. The summed E-state index contributed by atoms with van der Waals surface area (Å²) in [7, 11) is 3.15. The molecule has 4 rings (SSSR count). The summed E-state index contributed by atoms with van der Waals surface area (Å²) in [4.78, 5) is 12.4. The molecule has 0 radical (unpaired) electrons. The van der Waals surface area contributed by atoms with Gasteiger partial charge in [-0.15, -0.1) is 10.2 Å². The number of nitrogens with one attached hydrogen (secondary N) is 1. The number of hydrazone groups is 1. The lowest BCUT2D eigenvalue weighted by Crippen LogP contribution is -2.20. The van der Waals surface area contributed by atoms with Crippen molar-refractivity contribution in [1.82, 2.24) is 20.2 Å². The fourth-order valence-electron chi connectivity index (χ4n) is 3.19. The van der Waals surface area contributed by atoms with E-state index in [1.54, 1.807) is 32.4 Å². The number of ether oxygens (including phenoxy) is 2. The van der Waals surface area contributed by atoms with Crippen molar-refractivity contribution in [2.24, 2.45) is 5.10 Å². The second kappa shape index (κ2) is 11.2. The van der Waals surface area contributed by atoms with Crippen molar-refractivity contribution in [2.75, 3.05) is 20.0 Å². The van der Waals surface area contributed by atoms with Crippen molar-refractivity contribution in [2.45, 2.75) is 5.16 Å². The SMILES string of the molecule is COc1cc(/C=N/NC(=O)CSc2nnc(-c3ccccc3)n2-c2ccccc2)cc(OC)c1. The predicted octanol–water partition coefficient (Wildman–Crippen LogP) is 4.19. The standard InChI is InChI=1S/C25H23N5O3S/c1-32-21-13-18(14-22(15-21)33-2)16-26-27-23(31)17-34-25-29-28-24(19-9-5-3-6-10-19)30(25)20-11-7-4-8-12-20/h3-16H,17H2,1-2H3,(H,27,31)/b26-16+. The fraction of sp³-hybridized carbons (Fsp3) is 0.120. The van der Waals surface area contributed by atoms with Crippen molar-refractivity contribution in [1.29, 1.82) is 0 Å². The predicted molar refractivity (Wildman–Crippen MR) is 133 cm³/mol. The summed E-state index contributed by atoms with van der Waals surface area (Å²) in [5.74, 6) is 1.84. The van der Waals surface area contributed by atoms with Gasteiger partial charge in [0.15, 0.2) is 11.0 Å². The molecule has 8 nitrogen and oxygen atoms in total. The zero-order chi connectivity index (χ0) is 23.8. The highest BCUT2D eigenvalue weighted by Crippen LogP contribution is 2.27. The average molecular weight is 474 g/mol. The molecule has 0 aliphatic rings. The largest absolute Gasteiger partial charge is 0.497 e. The van der Waals surface area contributed by atoms with Gasteiger partial charge in [0, 0.05) is 22.9 Å². The molecule has 0 unspecified atom stereocenters. The molecule has 0 saturated heterocycles. The number of nitrogens with zero attached hydrogens (tertiary/aromatic N) is 4. The molecular formula is C25H23N5O3S. The Morgan fingerprint density at radius 3 is 2.26 bits per heavy atom. The van der Waals surface area contributed by atoms with Gasteiger partial charge in [-0.2, -0.15) is 5.10 Å². The van der Waals surface area contributed by atoms with E-state index < -0.39 is 0 Å². The van der Waals surface area contributed by atoms with Gasteiger partial charge in [-0.05, 0) is 24.3 Å². The van der Waals surface area contributed by atoms with Gasteiger partial charge >= 0.3 is 0 Å². The summed E-state index contributed by atoms with van der Waals surface area (Å²) in [6, 6.07) is 25.0. The highest BCUT2D eigenvalue weighted by atomic mass is 32.2. The van der Waals surface area contributed by atoms with Crippen LogP contribution in [0.2, 0.25) is 0 Å². The van der Waals surface area contributed by atoms with E-state index in [0.717, 1.165) is 16.8 Å². The normalized spacial score (nSPS) is 10.9. The molecule has 0 spiro atoms. The minimum absolute atomic E-state index is 0.124. The zero-order valence-electron chi connectivity index (χ0n) is 18.7. The number of aromatic nitrogens is 3. The first kappa shape index (κ1) is 23.1. The van der Waals surface area contributed by atoms with E-state index in [9.17, 15) is 4.79 Å². The Balaban J connectivity index is 1.46. The van der Waals surface area contributed by atoms with Crippen molar-refractivity contribution in [3.8, 4) is 28.6 Å². The van der Waals surface area contributed by atoms with E-state index in [1.165, 1.54) is 18.0 Å². The van der Waals surface area contributed by atoms with E-state index in [1.807, 2.05) is 65.2 Å². The van der Waals surface area contributed by atoms with Gasteiger partial charge in [0.1, 0.15) is 11.5 Å². The second-order valence-corrected chi connectivity index (χ2v) is 8.01. The lowest BCUT2D eigenvalue weighted by Gasteiger charge is -2.10. The Labute approximate surface area is 201 Å². The third kappa shape index (κ3) is 5.62. The third-order valence-corrected chi connectivity index (χ3v) is 5.72. The summed E-state index contributed by atoms with van der Waals surface area (Å²) in [6.45, 7) is 0. The number of carbonyl (C=O) groups excluding carboxylic acids is 1. The van der Waals surface area contributed by atoms with Gasteiger partial charge < -0.3 is 9.47 Å². The van der Waals surface area contributed by atoms with Crippen LogP contribution in [0.1, 0.15) is 5.56 Å². The molecular weight excluding hydrogens is 450 g/mol. The number of para-hydroxylation sites is 1. The molecule has 4 aromatic rings. The van der Waals surface area contributed by atoms with Crippen LogP contribution in [0, 0.1) is 0 Å². The molecule has 0 saturated carbocycles. The first-order valence-electron chi connectivity index (χ1n) is 10.4. The summed E-state index contributed by atoms with van der Waals surface area (Å²) in [5, 5.41) is 13.4. The maximum atomic E-state index is 12.4. The lowest BCUT2D eigenvalue weighted by molar-refractivity contribution is -0.118. The highest BCUT2D eigenvalue weighted by molar-refractivity contribution is 7.99. The average Bonchev–Trinajstić information content (AvgIpc) is 3.32. The summed E-state index contributed by atoms with van der Waals surface area (Å²) in [5.41, 5.74) is 5.14. The van der Waals surface area contributed by atoms with Crippen LogP contribution in [0.4, 0.5) is 0 Å². The van der Waals surface area contributed by atoms with Crippen LogP contribution >= 0.6 is 11.8 Å². The summed E-state index contributed by atoms with van der Waals surface area (Å²) in [6.07, 6.45) is 1.54. The van der Waals surface area contributed by atoms with Gasteiger partial charge in [-0.1, -0.05) is 60.3 Å². The van der Waals surface area contributed by atoms with Crippen LogP contribution in [0.25, 0.3) is 17.1 Å². The Morgan fingerprint density at radius 1 is 0.971 bits per heavy atom. The Hall–Kier alpha value is -4.11. The van der Waals surface area contributed by atoms with Crippen molar-refractivity contribution >= 4 is 23.9 Å². The zero-order valence-corrected chi connectivity index (χ0v) is 19.5. The number of methoxy groups -OCH3 is 2. The maximum Gasteiger partial charge on any atom is 0.250 e. The Morgan fingerprint density at radius 2 is 1.62 bits per heavy atom. The highest BCUT2D eigenvalue weighted by Gasteiger charge is 2.17. The molecule has 1 aromatic heterocycles. The van der Waals surface area contributed by atoms with Crippen molar-refractivity contribution < 1.29 is 14.3 Å². The number of carbonyl (C=O) groups is 1. The maximum absolute atomic E-state index is 12.4. The molecule has 172 valence electrons. The third-order valence-electron chi connectivity index (χ3n) is 4.79. The van der Waals surface area contributed by atoms with E-state index in [2.05, 4.69) is 20.7 Å². The quantitative estimate of drug-likeness (QED) is 0.223. The van der Waals surface area contributed by atoms with Crippen molar-refractivity contribution in [3.05, 3.63) is 84.4 Å². The Kier molecular flexibility index (Phi) is 7.56. The summed E-state index contributed by atoms with van der Waals surface area (Å²) >= 11 is 1.29. The molecule has 0 atom stereocenters. The molecule has 0 aliphatic heterocycles. The van der Waals surface area contributed by atoms with Crippen LogP contribution < -0.4 is 14.9 Å². The number of rotatable bonds is 9. The second-order valence-electron chi connectivity index (χ2n) is 7.07. The van der Waals surface area contributed by atoms with E-state index >= 15 is 0 Å². The van der Waals surface area contributed by atoms with Crippen LogP contribution in [-0.4, -0.2) is 46.9 Å². The molecule has 1 amide bonds. The van der Waals surface area contributed by atoms with E-state index in [0.29, 0.717) is 22.5 Å². The smallest absolute Gasteiger partial charge is 0.250 e. The van der Waals surface area contributed by atoms with Gasteiger partial charge in [0.2, 0.25) is 0 Å². The van der Waals surface area contributed by atoms with Crippen LogP contribution in [0.5, 0.6) is 11.5 Å². The Bertz CT molecular complexity index is 1250. The molecule has 1 heterocycles. The molecule has 1 N–H and O–H groups in total. The monoisotopic (exact) mass is 473 g/mol. The molecule has 34 heavy (non-hydrogen) atoms. The fourth-order valence-corrected chi connectivity index (χ4v) is 3.94. The molecule has 9 heteroatoms. The van der Waals surface area contributed by atoms with Crippen LogP contribution in [0.15, 0.2) is 89.1 Å². The van der Waals surface area contributed by atoms with Gasteiger partial charge in [0.25, 0.3) is 5.91 Å². The van der Waals surface area contributed by atoms with Crippen molar-refractivity contribution in [3.63, 3.8) is 0 Å². The van der Waals surface area contributed by atoms with E-state index in [4.69, 9.17) is 9.47 Å². The number of hydrogen-bond donors (Lipinski definition) is 1. The van der Waals surface area contributed by atoms with Gasteiger partial charge in [0.05, 0.1) is 26.2 Å². The number of amides is 1. The van der Waals surface area contributed by atoms with E-state index in [-0.39, 0.29) is 11.7 Å². The number of benzene rings is 3. The first-order chi connectivity index (χ1) is 16.7. The molecule has 0 bridgehead atoms. The molecule has 0 aliphatic carbocycles. The topological polar surface area (TPSA) is 90.6 Å². The number of hydrogen-bond acceptors (Lipinski definition) is 7.